The Bertz CT molecular complexity index is 697. The highest BCUT2D eigenvalue weighted by atomic mass is 19.1. The van der Waals surface area contributed by atoms with Crippen LogP contribution in [0.2, 0.25) is 0 Å². The smallest absolute Gasteiger partial charge is 0.131 e. The van der Waals surface area contributed by atoms with Gasteiger partial charge in [0.1, 0.15) is 11.6 Å². The molecule has 0 heterocycles. The Morgan fingerprint density at radius 1 is 0.917 bits per heavy atom. The van der Waals surface area contributed by atoms with E-state index in [2.05, 4.69) is 6.92 Å². The van der Waals surface area contributed by atoms with Crippen LogP contribution in [-0.4, -0.2) is 0 Å². The van der Waals surface area contributed by atoms with E-state index in [1.165, 1.54) is 31.7 Å². The van der Waals surface area contributed by atoms with E-state index in [1.54, 1.807) is 37.1 Å². The van der Waals surface area contributed by atoms with Gasteiger partial charge in [-0.2, -0.15) is 0 Å². The topological polar surface area (TPSA) is 0 Å². The maximum absolute atomic E-state index is 14.5. The van der Waals surface area contributed by atoms with Gasteiger partial charge >= 0.3 is 0 Å². The maximum atomic E-state index is 14.5. The summed E-state index contributed by atoms with van der Waals surface area (Å²) < 4.78 is 28.2. The van der Waals surface area contributed by atoms with E-state index >= 15 is 0 Å². The highest BCUT2D eigenvalue weighted by Gasteiger charge is 2.18. The Morgan fingerprint density at radius 2 is 1.67 bits per heavy atom. The number of halogens is 2. The fraction of sp³-hybridized carbons (Fsp3) is 0.409. The van der Waals surface area contributed by atoms with Crippen LogP contribution in [0.5, 0.6) is 0 Å². The summed E-state index contributed by atoms with van der Waals surface area (Å²) in [7, 11) is 0. The van der Waals surface area contributed by atoms with Gasteiger partial charge in [-0.3, -0.25) is 0 Å². The summed E-state index contributed by atoms with van der Waals surface area (Å²) >= 11 is 0. The quantitative estimate of drug-likeness (QED) is 0.589. The summed E-state index contributed by atoms with van der Waals surface area (Å²) in [5.41, 5.74) is 2.69. The highest BCUT2D eigenvalue weighted by molar-refractivity contribution is 5.65. The Hall–Kier alpha value is -1.70. The fourth-order valence-electron chi connectivity index (χ4n) is 3.54. The van der Waals surface area contributed by atoms with Crippen molar-refractivity contribution in [1.82, 2.24) is 0 Å². The second-order valence-electron chi connectivity index (χ2n) is 7.22. The van der Waals surface area contributed by atoms with E-state index < -0.39 is 0 Å². The third kappa shape index (κ3) is 4.03. The molecule has 1 saturated carbocycles. The first-order valence-electron chi connectivity index (χ1n) is 8.89. The first-order valence-corrected chi connectivity index (χ1v) is 8.89. The molecule has 127 valence electrons. The van der Waals surface area contributed by atoms with Gasteiger partial charge in [0.15, 0.2) is 0 Å². The van der Waals surface area contributed by atoms with E-state index in [0.717, 1.165) is 24.3 Å². The standard InChI is InChI=1S/C22H25F2/c1-15-3-6-17(7-4-15)8-9-18-10-12-20(22(24)13-18)19-11-5-16(2)21(23)14-19/h5,10-14,17H,3-4,6-9H2,1-2H3. The molecule has 2 aromatic carbocycles. The molecule has 1 aliphatic rings. The van der Waals surface area contributed by atoms with Crippen LogP contribution >= 0.6 is 0 Å². The van der Waals surface area contributed by atoms with Crippen molar-refractivity contribution in [3.63, 3.8) is 0 Å². The lowest BCUT2D eigenvalue weighted by Gasteiger charge is -2.25. The summed E-state index contributed by atoms with van der Waals surface area (Å²) in [4.78, 5) is 0. The maximum Gasteiger partial charge on any atom is 0.131 e. The lowest BCUT2D eigenvalue weighted by molar-refractivity contribution is 0.358. The molecule has 0 saturated heterocycles. The zero-order chi connectivity index (χ0) is 17.1. The summed E-state index contributed by atoms with van der Waals surface area (Å²) in [5.74, 6) is 1.83. The van der Waals surface area contributed by atoms with Gasteiger partial charge in [0.25, 0.3) is 0 Å². The predicted molar refractivity (Wildman–Crippen MR) is 95.7 cm³/mol. The molecule has 3 rings (SSSR count). The number of aryl methyl sites for hydroxylation is 2. The van der Waals surface area contributed by atoms with Crippen molar-refractivity contribution in [3.8, 4) is 11.1 Å². The number of hydrogen-bond acceptors (Lipinski definition) is 0. The minimum Gasteiger partial charge on any atom is -0.207 e. The highest BCUT2D eigenvalue weighted by Crippen LogP contribution is 2.33. The molecule has 0 bridgehead atoms. The van der Waals surface area contributed by atoms with Crippen molar-refractivity contribution >= 4 is 0 Å². The molecule has 0 amide bonds. The molecular weight excluding hydrogens is 302 g/mol. The van der Waals surface area contributed by atoms with E-state index in [1.807, 2.05) is 6.07 Å². The van der Waals surface area contributed by atoms with Gasteiger partial charge < -0.3 is 0 Å². The van der Waals surface area contributed by atoms with Crippen molar-refractivity contribution in [2.45, 2.75) is 52.4 Å². The van der Waals surface area contributed by atoms with Crippen LogP contribution in [-0.2, 0) is 6.42 Å². The van der Waals surface area contributed by atoms with Gasteiger partial charge in [-0.1, -0.05) is 31.2 Å². The number of benzene rings is 2. The van der Waals surface area contributed by atoms with Crippen molar-refractivity contribution in [1.29, 1.82) is 0 Å². The summed E-state index contributed by atoms with van der Waals surface area (Å²) in [6.45, 7) is 3.96. The first-order chi connectivity index (χ1) is 11.5. The van der Waals surface area contributed by atoms with Gasteiger partial charge in [-0.15, -0.1) is 0 Å². The number of hydrogen-bond donors (Lipinski definition) is 0. The Morgan fingerprint density at radius 3 is 2.33 bits per heavy atom. The minimum absolute atomic E-state index is 0.261. The molecule has 1 fully saturated rings. The van der Waals surface area contributed by atoms with Crippen molar-refractivity contribution in [3.05, 3.63) is 65.1 Å². The normalized spacial score (nSPS) is 16.5. The summed E-state index contributed by atoms with van der Waals surface area (Å²) in [6.07, 6.45) is 7.09. The van der Waals surface area contributed by atoms with Crippen LogP contribution in [0, 0.1) is 30.4 Å². The minimum atomic E-state index is -0.291. The molecule has 0 aliphatic heterocycles. The van der Waals surface area contributed by atoms with Crippen molar-refractivity contribution in [2.75, 3.05) is 0 Å². The average Bonchev–Trinajstić information content (AvgIpc) is 2.57. The third-order valence-electron chi connectivity index (χ3n) is 5.32. The summed E-state index contributed by atoms with van der Waals surface area (Å²) in [5, 5.41) is 0. The lowest BCUT2D eigenvalue weighted by atomic mass is 9.80. The molecular formula is C22H25F2. The molecule has 0 nitrogen and oxygen atoms in total. The van der Waals surface area contributed by atoms with Crippen molar-refractivity contribution < 1.29 is 8.78 Å². The molecule has 1 aliphatic carbocycles. The van der Waals surface area contributed by atoms with Gasteiger partial charge in [-0.05, 0) is 86.1 Å². The van der Waals surface area contributed by atoms with Crippen LogP contribution in [0.4, 0.5) is 8.78 Å². The SMILES string of the molecule is C[C]1CCC(CCc2ccc(-c3ccc(C)c(F)c3)c(F)c2)CC1. The second kappa shape index (κ2) is 7.46. The Labute approximate surface area is 143 Å². The molecule has 0 spiro atoms. The molecule has 0 N–H and O–H groups in total. The zero-order valence-corrected chi connectivity index (χ0v) is 14.5. The molecule has 24 heavy (non-hydrogen) atoms. The number of rotatable bonds is 4. The van der Waals surface area contributed by atoms with Crippen LogP contribution in [0.15, 0.2) is 36.4 Å². The van der Waals surface area contributed by atoms with Gasteiger partial charge in [0, 0.05) is 5.56 Å². The molecule has 1 radical (unpaired) electrons. The molecule has 0 aromatic heterocycles. The lowest BCUT2D eigenvalue weighted by Crippen LogP contribution is -2.11. The monoisotopic (exact) mass is 327 g/mol. The van der Waals surface area contributed by atoms with Crippen LogP contribution in [0.1, 0.15) is 50.2 Å². The average molecular weight is 327 g/mol. The van der Waals surface area contributed by atoms with E-state index in [4.69, 9.17) is 0 Å². The van der Waals surface area contributed by atoms with Gasteiger partial charge in [0.05, 0.1) is 0 Å². The zero-order valence-electron chi connectivity index (χ0n) is 14.5. The van der Waals surface area contributed by atoms with Crippen LogP contribution < -0.4 is 0 Å². The van der Waals surface area contributed by atoms with Crippen LogP contribution in [0.25, 0.3) is 11.1 Å². The predicted octanol–water partition coefficient (Wildman–Crippen LogP) is 6.66. The molecule has 2 aromatic rings. The Kier molecular flexibility index (Phi) is 5.33. The Balaban J connectivity index is 1.67. The van der Waals surface area contributed by atoms with Gasteiger partial charge in [-0.25, -0.2) is 8.78 Å². The van der Waals surface area contributed by atoms with Gasteiger partial charge in [0.2, 0.25) is 0 Å². The second-order valence-corrected chi connectivity index (χ2v) is 7.22. The summed E-state index contributed by atoms with van der Waals surface area (Å²) in [6, 6.07) is 10.3. The molecule has 2 heteroatoms. The fourth-order valence-corrected chi connectivity index (χ4v) is 3.54. The van der Waals surface area contributed by atoms with Crippen LogP contribution in [0.3, 0.4) is 0 Å². The van der Waals surface area contributed by atoms with E-state index in [0.29, 0.717) is 16.7 Å². The molecule has 0 atom stereocenters. The van der Waals surface area contributed by atoms with E-state index in [9.17, 15) is 8.78 Å². The molecule has 0 unspecified atom stereocenters. The van der Waals surface area contributed by atoms with Crippen molar-refractivity contribution in [2.24, 2.45) is 5.92 Å². The third-order valence-corrected chi connectivity index (χ3v) is 5.32. The largest absolute Gasteiger partial charge is 0.207 e. The first kappa shape index (κ1) is 17.1. The van der Waals surface area contributed by atoms with E-state index in [-0.39, 0.29) is 11.6 Å².